The summed E-state index contributed by atoms with van der Waals surface area (Å²) in [7, 11) is 0. The summed E-state index contributed by atoms with van der Waals surface area (Å²) in [5.74, 6) is -0.0133. The summed E-state index contributed by atoms with van der Waals surface area (Å²) in [6, 6.07) is 4.24. The van der Waals surface area contributed by atoms with E-state index in [1.807, 2.05) is 0 Å². The molecule has 0 aliphatic rings. The zero-order valence-electron chi connectivity index (χ0n) is 9.05. The lowest BCUT2D eigenvalue weighted by molar-refractivity contribution is -0.186. The number of nitrogens with two attached hydrogens (primary N) is 1. The summed E-state index contributed by atoms with van der Waals surface area (Å²) < 4.78 is 44.4. The van der Waals surface area contributed by atoms with Crippen LogP contribution in [0.15, 0.2) is 18.2 Å². The van der Waals surface area contributed by atoms with Gasteiger partial charge in [0.25, 0.3) is 0 Å². The van der Waals surface area contributed by atoms with Crippen LogP contribution in [0.2, 0.25) is 5.02 Å². The van der Waals surface area contributed by atoms with Crippen molar-refractivity contribution in [3.05, 3.63) is 28.8 Å². The summed E-state index contributed by atoms with van der Waals surface area (Å²) in [4.78, 5) is 0. The number of nitrogen functional groups attached to an aromatic ring is 1. The lowest BCUT2D eigenvalue weighted by Crippen LogP contribution is -2.19. The third kappa shape index (κ3) is 4.80. The molecule has 1 aromatic rings. The molecule has 0 aliphatic carbocycles. The van der Waals surface area contributed by atoms with Crippen LogP contribution in [0, 0.1) is 5.41 Å². The third-order valence-electron chi connectivity index (χ3n) is 1.81. The molecule has 100 valence electrons. The van der Waals surface area contributed by atoms with Gasteiger partial charge in [0, 0.05) is 5.56 Å². The van der Waals surface area contributed by atoms with Crippen LogP contribution in [0.1, 0.15) is 5.56 Å². The summed E-state index contributed by atoms with van der Waals surface area (Å²) in [5, 5.41) is 7.31. The first-order valence-electron chi connectivity index (χ1n) is 4.71. The van der Waals surface area contributed by atoms with Crippen LogP contribution in [0.25, 0.3) is 0 Å². The Balaban J connectivity index is 2.51. The molecule has 0 unspecified atom stereocenters. The van der Waals surface area contributed by atoms with Crippen molar-refractivity contribution >= 4 is 17.4 Å². The molecule has 0 saturated carbocycles. The highest BCUT2D eigenvalue weighted by Crippen LogP contribution is 2.25. The number of benzene rings is 1. The van der Waals surface area contributed by atoms with Gasteiger partial charge in [-0.05, 0) is 18.2 Å². The van der Waals surface area contributed by atoms with Crippen molar-refractivity contribution in [2.45, 2.75) is 6.18 Å². The van der Waals surface area contributed by atoms with E-state index in [1.165, 1.54) is 18.2 Å². The summed E-state index contributed by atoms with van der Waals surface area (Å²) >= 11 is 5.79. The number of nitrogens with one attached hydrogen (secondary N) is 1. The van der Waals surface area contributed by atoms with Crippen LogP contribution in [0.5, 0.6) is 5.75 Å². The van der Waals surface area contributed by atoms with Crippen molar-refractivity contribution in [1.82, 2.24) is 0 Å². The van der Waals surface area contributed by atoms with Crippen LogP contribution >= 0.6 is 11.6 Å². The number of halogens is 4. The van der Waals surface area contributed by atoms with Crippen molar-refractivity contribution < 1.29 is 22.6 Å². The van der Waals surface area contributed by atoms with Crippen molar-refractivity contribution in [3.8, 4) is 5.75 Å². The molecule has 1 aromatic carbocycles. The molecule has 1 rings (SSSR count). The van der Waals surface area contributed by atoms with Gasteiger partial charge in [-0.15, -0.1) is 0 Å². The Hall–Kier alpha value is -1.47. The van der Waals surface area contributed by atoms with Gasteiger partial charge in [-0.3, -0.25) is 5.41 Å². The standard InChI is InChI=1S/C10H10ClF3N2O2/c11-7-3-6(9(15)16)1-2-8(7)18-5-17-4-10(12,13)14/h1-3H,4-5H2,(H3,15,16). The van der Waals surface area contributed by atoms with Gasteiger partial charge in [0.05, 0.1) is 5.02 Å². The zero-order chi connectivity index (χ0) is 13.8. The summed E-state index contributed by atoms with van der Waals surface area (Å²) in [6.07, 6.45) is -4.40. The molecule has 8 heteroatoms. The fraction of sp³-hybridized carbons (Fsp3) is 0.300. The molecule has 0 spiro atoms. The molecular weight excluding hydrogens is 273 g/mol. The van der Waals surface area contributed by atoms with Gasteiger partial charge >= 0.3 is 6.18 Å². The van der Waals surface area contributed by atoms with Crippen molar-refractivity contribution in [2.75, 3.05) is 13.4 Å². The minimum atomic E-state index is -4.40. The van der Waals surface area contributed by atoms with Crippen LogP contribution in [-0.2, 0) is 4.74 Å². The maximum Gasteiger partial charge on any atom is 0.411 e. The first-order valence-corrected chi connectivity index (χ1v) is 5.08. The van der Waals surface area contributed by atoms with Gasteiger partial charge in [0.2, 0.25) is 0 Å². The Morgan fingerprint density at radius 2 is 2.06 bits per heavy atom. The fourth-order valence-corrected chi connectivity index (χ4v) is 1.28. The maximum atomic E-state index is 11.8. The van der Waals surface area contributed by atoms with Crippen LogP contribution in [0.3, 0.4) is 0 Å². The van der Waals surface area contributed by atoms with E-state index in [0.29, 0.717) is 5.56 Å². The molecule has 0 saturated heterocycles. The smallest absolute Gasteiger partial charge is 0.411 e. The van der Waals surface area contributed by atoms with E-state index < -0.39 is 19.6 Å². The van der Waals surface area contributed by atoms with Gasteiger partial charge < -0.3 is 15.2 Å². The molecular formula is C10H10ClF3N2O2. The highest BCUT2D eigenvalue weighted by atomic mass is 35.5. The Kier molecular flexibility index (Phi) is 4.80. The number of ether oxygens (including phenoxy) is 2. The monoisotopic (exact) mass is 282 g/mol. The number of hydrogen-bond acceptors (Lipinski definition) is 3. The van der Waals surface area contributed by atoms with E-state index in [1.54, 1.807) is 0 Å². The van der Waals surface area contributed by atoms with E-state index in [-0.39, 0.29) is 16.6 Å². The topological polar surface area (TPSA) is 68.3 Å². The van der Waals surface area contributed by atoms with E-state index in [9.17, 15) is 13.2 Å². The average Bonchev–Trinajstić information content (AvgIpc) is 2.24. The van der Waals surface area contributed by atoms with E-state index in [0.717, 1.165) is 0 Å². The van der Waals surface area contributed by atoms with E-state index in [2.05, 4.69) is 4.74 Å². The maximum absolute atomic E-state index is 11.8. The minimum Gasteiger partial charge on any atom is -0.466 e. The number of amidine groups is 1. The Morgan fingerprint density at radius 3 is 2.56 bits per heavy atom. The van der Waals surface area contributed by atoms with Gasteiger partial charge in [-0.1, -0.05) is 11.6 Å². The molecule has 0 aromatic heterocycles. The number of alkyl halides is 3. The second kappa shape index (κ2) is 5.92. The predicted molar refractivity (Wildman–Crippen MR) is 60.0 cm³/mol. The second-order valence-corrected chi connectivity index (χ2v) is 3.69. The molecule has 4 nitrogen and oxygen atoms in total. The molecule has 0 radical (unpaired) electrons. The lowest BCUT2D eigenvalue weighted by atomic mass is 10.2. The molecule has 18 heavy (non-hydrogen) atoms. The first kappa shape index (κ1) is 14.6. The van der Waals surface area contributed by atoms with E-state index in [4.69, 9.17) is 27.5 Å². The quantitative estimate of drug-likeness (QED) is 0.377. The molecule has 3 N–H and O–H groups in total. The fourth-order valence-electron chi connectivity index (χ4n) is 1.05. The lowest BCUT2D eigenvalue weighted by Gasteiger charge is -2.10. The van der Waals surface area contributed by atoms with Crippen molar-refractivity contribution in [2.24, 2.45) is 5.73 Å². The van der Waals surface area contributed by atoms with E-state index >= 15 is 0 Å². The third-order valence-corrected chi connectivity index (χ3v) is 2.10. The molecule has 0 heterocycles. The predicted octanol–water partition coefficient (Wildman–Crippen LogP) is 2.54. The zero-order valence-corrected chi connectivity index (χ0v) is 9.81. The normalized spacial score (nSPS) is 11.3. The van der Waals surface area contributed by atoms with Crippen LogP contribution < -0.4 is 10.5 Å². The Bertz CT molecular complexity index is 438. The Morgan fingerprint density at radius 1 is 1.39 bits per heavy atom. The molecule has 0 bridgehead atoms. The molecule has 0 aliphatic heterocycles. The van der Waals surface area contributed by atoms with Crippen molar-refractivity contribution in [1.29, 1.82) is 5.41 Å². The highest BCUT2D eigenvalue weighted by molar-refractivity contribution is 6.32. The number of rotatable bonds is 5. The summed E-state index contributed by atoms with van der Waals surface area (Å²) in [5.41, 5.74) is 5.63. The second-order valence-electron chi connectivity index (χ2n) is 3.28. The summed E-state index contributed by atoms with van der Waals surface area (Å²) in [6.45, 7) is -1.96. The van der Waals surface area contributed by atoms with Crippen LogP contribution in [0.4, 0.5) is 13.2 Å². The Labute approximate surface area is 106 Å². The first-order chi connectivity index (χ1) is 8.29. The van der Waals surface area contributed by atoms with Gasteiger partial charge in [0.1, 0.15) is 18.2 Å². The van der Waals surface area contributed by atoms with Gasteiger partial charge in [-0.2, -0.15) is 13.2 Å². The van der Waals surface area contributed by atoms with Gasteiger partial charge in [-0.25, -0.2) is 0 Å². The van der Waals surface area contributed by atoms with Crippen LogP contribution in [-0.4, -0.2) is 25.4 Å². The average molecular weight is 283 g/mol. The molecule has 0 fully saturated rings. The SMILES string of the molecule is N=C(N)c1ccc(OCOCC(F)(F)F)c(Cl)c1. The molecule has 0 amide bonds. The van der Waals surface area contributed by atoms with Crippen molar-refractivity contribution in [3.63, 3.8) is 0 Å². The minimum absolute atomic E-state index is 0.137. The largest absolute Gasteiger partial charge is 0.466 e. The number of hydrogen-bond donors (Lipinski definition) is 2. The molecule has 0 atom stereocenters. The highest BCUT2D eigenvalue weighted by Gasteiger charge is 2.27. The van der Waals surface area contributed by atoms with Gasteiger partial charge in [0.15, 0.2) is 6.79 Å².